The van der Waals surface area contributed by atoms with E-state index in [1.807, 2.05) is 0 Å². The normalized spacial score (nSPS) is 13.5. The van der Waals surface area contributed by atoms with Crippen LogP contribution in [0.3, 0.4) is 0 Å². The summed E-state index contributed by atoms with van der Waals surface area (Å²) in [5.41, 5.74) is 5.00. The third kappa shape index (κ3) is 1.52. The Kier molecular flexibility index (Phi) is 0.906. The second-order valence-corrected chi connectivity index (χ2v) is 1.05. The average molecular weight is 86.1 g/mol. The lowest BCUT2D eigenvalue weighted by molar-refractivity contribution is -0.114. The highest BCUT2D eigenvalue weighted by Gasteiger charge is 1.86. The van der Waals surface area contributed by atoms with E-state index in [4.69, 9.17) is 7.10 Å². The molecule has 0 saturated carbocycles. The Bertz CT molecular complexity index is 108. The highest BCUT2D eigenvalue weighted by molar-refractivity contribution is 5.90. The molecule has 6 heavy (non-hydrogen) atoms. The first kappa shape index (κ1) is 3.40. The Morgan fingerprint density at radius 1 is 2.17 bits per heavy atom. The smallest absolute Gasteiger partial charge is 0.243 e. The summed E-state index contributed by atoms with van der Waals surface area (Å²) in [5.74, 6) is -0.532. The summed E-state index contributed by atoms with van der Waals surface area (Å²) in [5, 5.41) is 0. The van der Waals surface area contributed by atoms with Gasteiger partial charge in [-0.3, -0.25) is 4.79 Å². The van der Waals surface area contributed by atoms with Gasteiger partial charge in [-0.1, -0.05) is 6.55 Å². The zero-order valence-corrected chi connectivity index (χ0v) is 3.56. The van der Waals surface area contributed by atoms with Gasteiger partial charge in [0.1, 0.15) is 0 Å². The molecule has 0 aromatic carbocycles. The van der Waals surface area contributed by atoms with Crippen molar-refractivity contribution in [3.63, 3.8) is 0 Å². The quantitative estimate of drug-likeness (QED) is 0.450. The van der Waals surface area contributed by atoms with Crippen LogP contribution in [0, 0.1) is 0 Å². The van der Waals surface area contributed by atoms with Crippen molar-refractivity contribution in [2.24, 2.45) is 5.73 Å². The lowest BCUT2D eigenvalue weighted by atomic mass is 10.3. The number of primary amides is 1. The molecule has 0 aromatic heterocycles. The minimum absolute atomic E-state index is 0.278. The molecule has 0 aliphatic heterocycles. The molecule has 2 N–H and O–H groups in total. The number of hydrogen-bond donors (Lipinski definition) is 1. The largest absolute Gasteiger partial charge is 0.366 e. The van der Waals surface area contributed by atoms with Crippen LogP contribution in [0.1, 0.15) is 8.29 Å². The van der Waals surface area contributed by atoms with Gasteiger partial charge in [-0.15, -0.1) is 0 Å². The minimum atomic E-state index is -0.532. The Labute approximate surface area is 38.1 Å². The van der Waals surface area contributed by atoms with Crippen LogP contribution in [0.5, 0.6) is 0 Å². The fourth-order valence-corrected chi connectivity index (χ4v) is 0. The van der Waals surface area contributed by atoms with E-state index in [2.05, 4.69) is 0 Å². The molecule has 0 saturated heterocycles. The van der Waals surface area contributed by atoms with Crippen molar-refractivity contribution in [3.05, 3.63) is 12.1 Å². The second kappa shape index (κ2) is 1.60. The summed E-state index contributed by atoms with van der Waals surface area (Å²) >= 11 is 0. The van der Waals surface area contributed by atoms with Crippen LogP contribution in [0.2, 0.25) is 0 Å². The average Bonchev–Trinajstić information content (AvgIpc) is 1.65. The number of carbonyl (C=O) groups is 1. The molecule has 0 aromatic rings. The van der Waals surface area contributed by atoms with E-state index >= 15 is 0 Å². The number of hydrogen-bond acceptors (Lipinski definition) is 1. The summed E-state index contributed by atoms with van der Waals surface area (Å²) in [6.45, 7) is 2.43. The molecule has 0 bridgehead atoms. The van der Waals surface area contributed by atoms with Crippen LogP contribution < -0.4 is 5.73 Å². The molecule has 0 atom stereocenters. The topological polar surface area (TPSA) is 43.1 Å². The summed E-state index contributed by atoms with van der Waals surface area (Å²) in [4.78, 5) is 9.96. The molecule has 0 heterocycles. The molecule has 0 radical (unpaired) electrons. The molecule has 34 valence electrons. The first-order valence-corrected chi connectivity index (χ1v) is 1.53. The zero-order chi connectivity index (χ0) is 5.86. The fourth-order valence-electron chi connectivity index (χ4n) is 0. The van der Waals surface area contributed by atoms with E-state index in [0.29, 0.717) is 0 Å². The number of rotatable bonds is 1. The lowest BCUT2D eigenvalue weighted by Gasteiger charge is -1.81. The van der Waals surface area contributed by atoms with E-state index in [1.165, 1.54) is 6.92 Å². The molecule has 0 rings (SSSR count). The van der Waals surface area contributed by atoms with Crippen molar-refractivity contribution in [2.75, 3.05) is 0 Å². The fraction of sp³-hybridized carbons (Fsp3) is 0.250. The molecule has 2 nitrogen and oxygen atoms in total. The highest BCUT2D eigenvalue weighted by atomic mass is 16.1. The Morgan fingerprint density at radius 3 is 2.67 bits per heavy atom. The van der Waals surface area contributed by atoms with Crippen molar-refractivity contribution in [3.8, 4) is 0 Å². The van der Waals surface area contributed by atoms with Crippen molar-refractivity contribution in [2.45, 2.75) is 6.92 Å². The molecule has 0 aliphatic rings. The standard InChI is InChI=1S/C4H7NO/c1-3(2)4(5)6/h1H2,2H3,(H2,5,6)/i1D. The van der Waals surface area contributed by atoms with Gasteiger partial charge in [0, 0.05) is 5.57 Å². The monoisotopic (exact) mass is 86.1 g/mol. The van der Waals surface area contributed by atoms with E-state index in [9.17, 15) is 4.79 Å². The Balaban J connectivity index is 3.82. The molecule has 0 aliphatic carbocycles. The van der Waals surface area contributed by atoms with Crippen LogP contribution in [-0.4, -0.2) is 5.91 Å². The van der Waals surface area contributed by atoms with Crippen molar-refractivity contribution in [1.82, 2.24) is 0 Å². The van der Waals surface area contributed by atoms with Gasteiger partial charge in [-0.05, 0) is 6.92 Å². The zero-order valence-electron chi connectivity index (χ0n) is 4.56. The third-order valence-corrected chi connectivity index (χ3v) is 0.389. The van der Waals surface area contributed by atoms with E-state index in [-0.39, 0.29) is 5.57 Å². The SMILES string of the molecule is [2H]C=C(C)C(N)=O. The van der Waals surface area contributed by atoms with Gasteiger partial charge >= 0.3 is 0 Å². The van der Waals surface area contributed by atoms with Crippen LogP contribution in [0.4, 0.5) is 0 Å². The number of nitrogens with two attached hydrogens (primary N) is 1. The minimum Gasteiger partial charge on any atom is -0.366 e. The highest BCUT2D eigenvalue weighted by Crippen LogP contribution is 1.78. The second-order valence-electron chi connectivity index (χ2n) is 1.05. The van der Waals surface area contributed by atoms with Gasteiger partial charge in [-0.25, -0.2) is 0 Å². The predicted molar refractivity (Wildman–Crippen MR) is 24.0 cm³/mol. The molecule has 0 unspecified atom stereocenters. The number of amides is 1. The van der Waals surface area contributed by atoms with Gasteiger partial charge in [0.25, 0.3) is 0 Å². The first-order valence-electron chi connectivity index (χ1n) is 2.11. The van der Waals surface area contributed by atoms with Gasteiger partial charge in [0.15, 0.2) is 0 Å². The molecule has 0 fully saturated rings. The Morgan fingerprint density at radius 2 is 2.67 bits per heavy atom. The maximum Gasteiger partial charge on any atom is 0.243 e. The van der Waals surface area contributed by atoms with Gasteiger partial charge < -0.3 is 5.73 Å². The lowest BCUT2D eigenvalue weighted by Crippen LogP contribution is -2.10. The van der Waals surface area contributed by atoms with Gasteiger partial charge in [0.2, 0.25) is 5.91 Å². The van der Waals surface area contributed by atoms with Gasteiger partial charge in [-0.2, -0.15) is 0 Å². The molecule has 1 amide bonds. The maximum atomic E-state index is 9.96. The predicted octanol–water partition coefficient (Wildman–Crippen LogP) is 0.0478. The molecular weight excluding hydrogens is 78.0 g/mol. The molecular formula is C4H7NO. The van der Waals surface area contributed by atoms with Crippen molar-refractivity contribution >= 4 is 5.91 Å². The number of carbonyl (C=O) groups excluding carboxylic acids is 1. The van der Waals surface area contributed by atoms with E-state index in [1.54, 1.807) is 0 Å². The van der Waals surface area contributed by atoms with Crippen LogP contribution >= 0.6 is 0 Å². The first-order chi connectivity index (χ1) is 3.18. The van der Waals surface area contributed by atoms with E-state index < -0.39 is 5.91 Å². The van der Waals surface area contributed by atoms with Crippen molar-refractivity contribution < 1.29 is 6.17 Å². The maximum absolute atomic E-state index is 9.96. The molecule has 0 spiro atoms. The summed E-state index contributed by atoms with van der Waals surface area (Å²) in [6.07, 6.45) is 0. The Hall–Kier alpha value is -0.790. The molecule has 2 heteroatoms. The van der Waals surface area contributed by atoms with Crippen LogP contribution in [0.25, 0.3) is 0 Å². The van der Waals surface area contributed by atoms with Crippen molar-refractivity contribution in [1.29, 1.82) is 0 Å². The summed E-state index contributed by atoms with van der Waals surface area (Å²) < 4.78 is 6.48. The summed E-state index contributed by atoms with van der Waals surface area (Å²) in [6, 6.07) is 0. The summed E-state index contributed by atoms with van der Waals surface area (Å²) in [7, 11) is 0. The van der Waals surface area contributed by atoms with E-state index in [0.717, 1.165) is 6.55 Å². The van der Waals surface area contributed by atoms with Crippen LogP contribution in [0.15, 0.2) is 12.1 Å². The third-order valence-electron chi connectivity index (χ3n) is 0.389. The van der Waals surface area contributed by atoms with Crippen LogP contribution in [-0.2, 0) is 4.79 Å². The van der Waals surface area contributed by atoms with Gasteiger partial charge in [0.05, 0.1) is 1.37 Å².